The highest BCUT2D eigenvalue weighted by molar-refractivity contribution is 5.79. The van der Waals surface area contributed by atoms with Gasteiger partial charge in [0, 0.05) is 25.4 Å². The molecule has 3 rings (SSSR count). The second kappa shape index (κ2) is 10.3. The maximum Gasteiger partial charge on any atom is 0.250 e. The molecule has 0 unspecified atom stereocenters. The third-order valence-corrected chi connectivity index (χ3v) is 4.75. The number of nitrogens with zero attached hydrogens (tertiary/aromatic N) is 2. The smallest absolute Gasteiger partial charge is 0.250 e. The van der Waals surface area contributed by atoms with Gasteiger partial charge in [-0.1, -0.05) is 54.6 Å². The molecule has 2 aromatic carbocycles. The van der Waals surface area contributed by atoms with Crippen molar-refractivity contribution in [2.45, 2.75) is 33.5 Å². The van der Waals surface area contributed by atoms with Gasteiger partial charge >= 0.3 is 0 Å². The Morgan fingerprint density at radius 2 is 1.66 bits per heavy atom. The minimum absolute atomic E-state index is 0.0104. The average molecular weight is 389 g/mol. The van der Waals surface area contributed by atoms with E-state index in [0.717, 1.165) is 30.2 Å². The number of hydrogen-bond acceptors (Lipinski definition) is 2. The fraction of sp³-hybridized carbons (Fsp3) is 0.250. The van der Waals surface area contributed by atoms with E-state index in [4.69, 9.17) is 4.99 Å². The van der Waals surface area contributed by atoms with E-state index in [0.29, 0.717) is 13.1 Å². The van der Waals surface area contributed by atoms with Crippen LogP contribution < -0.4 is 16.2 Å². The van der Waals surface area contributed by atoms with Crippen LogP contribution in [0, 0.1) is 6.92 Å². The molecule has 0 aliphatic rings. The SMILES string of the molecule is CCNC(=NCc1ccc(Cn2ccccc2=O)cc1)NCc1ccccc1C. The predicted octanol–water partition coefficient (Wildman–Crippen LogP) is 3.46. The molecular formula is C24H28N4O. The lowest BCUT2D eigenvalue weighted by Gasteiger charge is -2.13. The Labute approximate surface area is 172 Å². The fourth-order valence-electron chi connectivity index (χ4n) is 3.04. The second-order valence-electron chi connectivity index (χ2n) is 6.96. The Hall–Kier alpha value is -3.34. The van der Waals surface area contributed by atoms with Crippen LogP contribution in [0.3, 0.4) is 0 Å². The molecule has 0 saturated carbocycles. The molecule has 5 nitrogen and oxygen atoms in total. The van der Waals surface area contributed by atoms with Gasteiger partial charge in [-0.05, 0) is 42.2 Å². The zero-order valence-electron chi connectivity index (χ0n) is 17.1. The molecule has 0 bridgehead atoms. The average Bonchev–Trinajstić information content (AvgIpc) is 2.74. The van der Waals surface area contributed by atoms with Gasteiger partial charge in [0.2, 0.25) is 0 Å². The number of pyridine rings is 1. The summed E-state index contributed by atoms with van der Waals surface area (Å²) in [6.07, 6.45) is 1.81. The van der Waals surface area contributed by atoms with Crippen LogP contribution in [0.5, 0.6) is 0 Å². The van der Waals surface area contributed by atoms with Crippen LogP contribution in [0.15, 0.2) is 82.7 Å². The van der Waals surface area contributed by atoms with E-state index >= 15 is 0 Å². The fourth-order valence-corrected chi connectivity index (χ4v) is 3.04. The lowest BCUT2D eigenvalue weighted by atomic mass is 10.1. The van der Waals surface area contributed by atoms with Crippen LogP contribution in [-0.4, -0.2) is 17.1 Å². The van der Waals surface area contributed by atoms with Gasteiger partial charge < -0.3 is 15.2 Å². The molecule has 29 heavy (non-hydrogen) atoms. The van der Waals surface area contributed by atoms with Gasteiger partial charge in [-0.3, -0.25) is 4.79 Å². The monoisotopic (exact) mass is 388 g/mol. The van der Waals surface area contributed by atoms with Crippen molar-refractivity contribution < 1.29 is 0 Å². The summed E-state index contributed by atoms with van der Waals surface area (Å²) in [4.78, 5) is 16.5. The van der Waals surface area contributed by atoms with E-state index in [1.54, 1.807) is 16.7 Å². The summed E-state index contributed by atoms with van der Waals surface area (Å²) in [5.74, 6) is 0.802. The van der Waals surface area contributed by atoms with Crippen molar-refractivity contribution in [3.63, 3.8) is 0 Å². The number of rotatable bonds is 7. The Bertz CT molecular complexity index is 1010. The largest absolute Gasteiger partial charge is 0.357 e. The van der Waals surface area contributed by atoms with Crippen molar-refractivity contribution in [1.82, 2.24) is 15.2 Å². The molecule has 0 spiro atoms. The number of aromatic nitrogens is 1. The molecule has 0 radical (unpaired) electrons. The lowest BCUT2D eigenvalue weighted by molar-refractivity contribution is 0.759. The molecule has 1 heterocycles. The summed E-state index contributed by atoms with van der Waals surface area (Å²) in [5, 5.41) is 6.69. The number of aliphatic imine (C=N–C) groups is 1. The molecule has 2 N–H and O–H groups in total. The van der Waals surface area contributed by atoms with Gasteiger partial charge in [0.25, 0.3) is 5.56 Å². The molecule has 0 saturated heterocycles. The zero-order chi connectivity index (χ0) is 20.5. The van der Waals surface area contributed by atoms with Crippen molar-refractivity contribution in [3.8, 4) is 0 Å². The van der Waals surface area contributed by atoms with Gasteiger partial charge in [-0.25, -0.2) is 4.99 Å². The summed E-state index contributed by atoms with van der Waals surface area (Å²) in [6, 6.07) is 21.8. The second-order valence-corrected chi connectivity index (χ2v) is 6.96. The number of guanidine groups is 1. The maximum atomic E-state index is 11.8. The zero-order valence-corrected chi connectivity index (χ0v) is 17.1. The third-order valence-electron chi connectivity index (χ3n) is 4.75. The van der Waals surface area contributed by atoms with Crippen LogP contribution in [0.2, 0.25) is 0 Å². The Balaban J connectivity index is 1.61. The summed E-state index contributed by atoms with van der Waals surface area (Å²) in [5.41, 5.74) is 4.76. The lowest BCUT2D eigenvalue weighted by Crippen LogP contribution is -2.36. The molecule has 1 aromatic heterocycles. The van der Waals surface area contributed by atoms with Gasteiger partial charge in [0.05, 0.1) is 13.1 Å². The van der Waals surface area contributed by atoms with Crippen LogP contribution in [0.1, 0.15) is 29.2 Å². The minimum atomic E-state index is 0.0104. The Morgan fingerprint density at radius 3 is 2.38 bits per heavy atom. The normalized spacial score (nSPS) is 11.3. The molecule has 5 heteroatoms. The summed E-state index contributed by atoms with van der Waals surface area (Å²) in [7, 11) is 0. The number of hydrogen-bond donors (Lipinski definition) is 2. The third kappa shape index (κ3) is 6.07. The molecule has 0 aliphatic carbocycles. The first-order valence-corrected chi connectivity index (χ1v) is 9.95. The summed E-state index contributed by atoms with van der Waals surface area (Å²) in [6.45, 7) is 6.89. The van der Waals surface area contributed by atoms with Gasteiger partial charge in [0.1, 0.15) is 0 Å². The van der Waals surface area contributed by atoms with Crippen LogP contribution in [-0.2, 0) is 19.6 Å². The Morgan fingerprint density at radius 1 is 0.931 bits per heavy atom. The van der Waals surface area contributed by atoms with E-state index in [1.165, 1.54) is 11.1 Å². The first kappa shape index (κ1) is 20.4. The van der Waals surface area contributed by atoms with Gasteiger partial charge in [-0.2, -0.15) is 0 Å². The highest BCUT2D eigenvalue weighted by Crippen LogP contribution is 2.08. The molecule has 0 fully saturated rings. The minimum Gasteiger partial charge on any atom is -0.357 e. The van der Waals surface area contributed by atoms with E-state index in [2.05, 4.69) is 73.0 Å². The molecule has 150 valence electrons. The Kier molecular flexibility index (Phi) is 7.22. The summed E-state index contributed by atoms with van der Waals surface area (Å²) >= 11 is 0. The van der Waals surface area contributed by atoms with E-state index in [1.807, 2.05) is 12.3 Å². The first-order valence-electron chi connectivity index (χ1n) is 9.95. The van der Waals surface area contributed by atoms with Crippen molar-refractivity contribution in [2.75, 3.05) is 6.54 Å². The van der Waals surface area contributed by atoms with Gasteiger partial charge in [-0.15, -0.1) is 0 Å². The van der Waals surface area contributed by atoms with E-state index < -0.39 is 0 Å². The van der Waals surface area contributed by atoms with Gasteiger partial charge in [0.15, 0.2) is 5.96 Å². The topological polar surface area (TPSA) is 58.4 Å². The number of benzene rings is 2. The van der Waals surface area contributed by atoms with E-state index in [9.17, 15) is 4.79 Å². The molecular weight excluding hydrogens is 360 g/mol. The van der Waals surface area contributed by atoms with Crippen molar-refractivity contribution >= 4 is 5.96 Å². The van der Waals surface area contributed by atoms with Crippen LogP contribution in [0.25, 0.3) is 0 Å². The van der Waals surface area contributed by atoms with E-state index in [-0.39, 0.29) is 5.56 Å². The highest BCUT2D eigenvalue weighted by atomic mass is 16.1. The predicted molar refractivity (Wildman–Crippen MR) is 119 cm³/mol. The molecule has 0 amide bonds. The number of nitrogens with one attached hydrogen (secondary N) is 2. The van der Waals surface area contributed by atoms with Crippen molar-refractivity contribution in [2.24, 2.45) is 4.99 Å². The first-order chi connectivity index (χ1) is 14.2. The molecule has 0 aliphatic heterocycles. The number of aryl methyl sites for hydroxylation is 1. The van der Waals surface area contributed by atoms with Crippen molar-refractivity contribution in [3.05, 3.63) is 106 Å². The highest BCUT2D eigenvalue weighted by Gasteiger charge is 2.02. The molecule has 3 aromatic rings. The molecule has 0 atom stereocenters. The van der Waals surface area contributed by atoms with Crippen LogP contribution >= 0.6 is 0 Å². The standard InChI is InChI=1S/C24H28N4O/c1-3-25-24(27-17-22-9-5-4-8-19(22)2)26-16-20-11-13-21(14-12-20)18-28-15-7-6-10-23(28)29/h4-15H,3,16-18H2,1-2H3,(H2,25,26,27). The quantitative estimate of drug-likeness (QED) is 0.481. The summed E-state index contributed by atoms with van der Waals surface area (Å²) < 4.78 is 1.70. The maximum absolute atomic E-state index is 11.8. The van der Waals surface area contributed by atoms with Crippen LogP contribution in [0.4, 0.5) is 0 Å². The van der Waals surface area contributed by atoms with Crippen molar-refractivity contribution in [1.29, 1.82) is 0 Å².